The molecule has 1 aromatic carbocycles. The number of aryl methyl sites for hydroxylation is 1. The van der Waals surface area contributed by atoms with Crippen molar-refractivity contribution in [1.82, 2.24) is 10.2 Å². The van der Waals surface area contributed by atoms with E-state index in [1.165, 1.54) is 25.9 Å². The predicted octanol–water partition coefficient (Wildman–Crippen LogP) is 2.04. The van der Waals surface area contributed by atoms with Crippen LogP contribution in [0.4, 0.5) is 5.69 Å². The number of likely N-dealkylation sites (tertiary alicyclic amines) is 1. The van der Waals surface area contributed by atoms with Crippen molar-refractivity contribution in [3.05, 3.63) is 29.3 Å². The van der Waals surface area contributed by atoms with Gasteiger partial charge < -0.3 is 16.0 Å². The SMILES string of the molecule is Cc1cc(N)ccc1C(=O)NCCC1CCN(C)CC1. The van der Waals surface area contributed by atoms with Crippen molar-refractivity contribution in [1.29, 1.82) is 0 Å². The number of anilines is 1. The Morgan fingerprint density at radius 2 is 2.10 bits per heavy atom. The maximum absolute atomic E-state index is 12.1. The lowest BCUT2D eigenvalue weighted by atomic mass is 9.94. The molecular formula is C16H25N3O. The van der Waals surface area contributed by atoms with Gasteiger partial charge in [-0.2, -0.15) is 0 Å². The first-order chi connectivity index (χ1) is 9.56. The van der Waals surface area contributed by atoms with E-state index < -0.39 is 0 Å². The van der Waals surface area contributed by atoms with Crippen molar-refractivity contribution in [2.75, 3.05) is 32.4 Å². The first kappa shape index (κ1) is 14.9. The van der Waals surface area contributed by atoms with Gasteiger partial charge in [-0.05, 0) is 76.0 Å². The number of nitrogens with zero attached hydrogens (tertiary/aromatic N) is 1. The number of hydrogen-bond acceptors (Lipinski definition) is 3. The number of hydrogen-bond donors (Lipinski definition) is 2. The van der Waals surface area contributed by atoms with Gasteiger partial charge in [-0.15, -0.1) is 0 Å². The molecule has 0 unspecified atom stereocenters. The van der Waals surface area contributed by atoms with Crippen molar-refractivity contribution in [3.8, 4) is 0 Å². The van der Waals surface area contributed by atoms with E-state index in [9.17, 15) is 4.79 Å². The first-order valence-electron chi connectivity index (χ1n) is 7.39. The number of rotatable bonds is 4. The Balaban J connectivity index is 1.77. The summed E-state index contributed by atoms with van der Waals surface area (Å²) in [6, 6.07) is 5.42. The lowest BCUT2D eigenvalue weighted by molar-refractivity contribution is 0.0948. The highest BCUT2D eigenvalue weighted by molar-refractivity contribution is 5.95. The van der Waals surface area contributed by atoms with E-state index >= 15 is 0 Å². The van der Waals surface area contributed by atoms with Gasteiger partial charge in [0.25, 0.3) is 5.91 Å². The third kappa shape index (κ3) is 3.97. The molecule has 20 heavy (non-hydrogen) atoms. The number of nitrogens with two attached hydrogens (primary N) is 1. The van der Waals surface area contributed by atoms with Crippen LogP contribution >= 0.6 is 0 Å². The second kappa shape index (κ2) is 6.75. The molecular weight excluding hydrogens is 250 g/mol. The summed E-state index contributed by atoms with van der Waals surface area (Å²) >= 11 is 0. The molecule has 4 heteroatoms. The van der Waals surface area contributed by atoms with E-state index in [4.69, 9.17) is 5.73 Å². The van der Waals surface area contributed by atoms with Gasteiger partial charge in [0.05, 0.1) is 0 Å². The van der Waals surface area contributed by atoms with Crippen LogP contribution < -0.4 is 11.1 Å². The van der Waals surface area contributed by atoms with Gasteiger partial charge in [-0.1, -0.05) is 0 Å². The molecule has 1 fully saturated rings. The van der Waals surface area contributed by atoms with Crippen LogP contribution in [0.5, 0.6) is 0 Å². The number of carbonyl (C=O) groups is 1. The summed E-state index contributed by atoms with van der Waals surface area (Å²) in [7, 11) is 2.17. The van der Waals surface area contributed by atoms with E-state index in [0.717, 1.165) is 30.0 Å². The van der Waals surface area contributed by atoms with Crippen LogP contribution in [0.3, 0.4) is 0 Å². The molecule has 0 radical (unpaired) electrons. The largest absolute Gasteiger partial charge is 0.399 e. The maximum atomic E-state index is 12.1. The lowest BCUT2D eigenvalue weighted by Crippen LogP contribution is -2.32. The molecule has 1 heterocycles. The quantitative estimate of drug-likeness (QED) is 0.827. The molecule has 3 N–H and O–H groups in total. The number of benzene rings is 1. The van der Waals surface area contributed by atoms with Gasteiger partial charge in [0.1, 0.15) is 0 Å². The van der Waals surface area contributed by atoms with Crippen molar-refractivity contribution >= 4 is 11.6 Å². The lowest BCUT2D eigenvalue weighted by Gasteiger charge is -2.28. The van der Waals surface area contributed by atoms with E-state index in [-0.39, 0.29) is 5.91 Å². The van der Waals surface area contributed by atoms with Gasteiger partial charge in [0.2, 0.25) is 0 Å². The molecule has 1 aromatic rings. The van der Waals surface area contributed by atoms with Crippen LogP contribution in [0.25, 0.3) is 0 Å². The summed E-state index contributed by atoms with van der Waals surface area (Å²) in [6.45, 7) is 5.03. The third-order valence-electron chi connectivity index (χ3n) is 4.17. The van der Waals surface area contributed by atoms with E-state index in [2.05, 4.69) is 17.3 Å². The summed E-state index contributed by atoms with van der Waals surface area (Å²) < 4.78 is 0. The molecule has 4 nitrogen and oxygen atoms in total. The van der Waals surface area contributed by atoms with Crippen LogP contribution in [0, 0.1) is 12.8 Å². The van der Waals surface area contributed by atoms with Gasteiger partial charge >= 0.3 is 0 Å². The van der Waals surface area contributed by atoms with Gasteiger partial charge in [0, 0.05) is 17.8 Å². The molecule has 0 bridgehead atoms. The highest BCUT2D eigenvalue weighted by Gasteiger charge is 2.16. The Hall–Kier alpha value is -1.55. The van der Waals surface area contributed by atoms with E-state index in [0.29, 0.717) is 5.69 Å². The standard InChI is InChI=1S/C16H25N3O/c1-12-11-14(17)3-4-15(12)16(20)18-8-5-13-6-9-19(2)10-7-13/h3-4,11,13H,5-10,17H2,1-2H3,(H,18,20). The third-order valence-corrected chi connectivity index (χ3v) is 4.17. The zero-order chi connectivity index (χ0) is 14.5. The van der Waals surface area contributed by atoms with Crippen LogP contribution in [-0.2, 0) is 0 Å². The summed E-state index contributed by atoms with van der Waals surface area (Å²) in [4.78, 5) is 14.5. The van der Waals surface area contributed by atoms with Crippen molar-refractivity contribution < 1.29 is 4.79 Å². The zero-order valence-electron chi connectivity index (χ0n) is 12.5. The van der Waals surface area contributed by atoms with E-state index in [1.807, 2.05) is 13.0 Å². The first-order valence-corrected chi connectivity index (χ1v) is 7.39. The Bertz CT molecular complexity index is 465. The molecule has 0 spiro atoms. The summed E-state index contributed by atoms with van der Waals surface area (Å²) in [6.07, 6.45) is 3.56. The summed E-state index contributed by atoms with van der Waals surface area (Å²) in [5, 5.41) is 3.02. The summed E-state index contributed by atoms with van der Waals surface area (Å²) in [5.41, 5.74) is 8.06. The Kier molecular flexibility index (Phi) is 5.01. The topological polar surface area (TPSA) is 58.4 Å². The Morgan fingerprint density at radius 1 is 1.40 bits per heavy atom. The van der Waals surface area contributed by atoms with Crippen LogP contribution in [0.2, 0.25) is 0 Å². The average Bonchev–Trinajstić information content (AvgIpc) is 2.41. The molecule has 1 amide bonds. The molecule has 0 aliphatic carbocycles. The number of carbonyl (C=O) groups excluding carboxylic acids is 1. The number of amides is 1. The Morgan fingerprint density at radius 3 is 2.75 bits per heavy atom. The van der Waals surface area contributed by atoms with Crippen LogP contribution in [0.15, 0.2) is 18.2 Å². The van der Waals surface area contributed by atoms with Crippen molar-refractivity contribution in [2.45, 2.75) is 26.2 Å². The van der Waals surface area contributed by atoms with Gasteiger partial charge in [-0.25, -0.2) is 0 Å². The fourth-order valence-electron chi connectivity index (χ4n) is 2.78. The molecule has 2 rings (SSSR count). The smallest absolute Gasteiger partial charge is 0.251 e. The average molecular weight is 275 g/mol. The highest BCUT2D eigenvalue weighted by atomic mass is 16.1. The molecule has 1 saturated heterocycles. The minimum Gasteiger partial charge on any atom is -0.399 e. The van der Waals surface area contributed by atoms with Gasteiger partial charge in [0.15, 0.2) is 0 Å². The second-order valence-electron chi connectivity index (χ2n) is 5.87. The minimum absolute atomic E-state index is 0.00966. The fraction of sp³-hybridized carbons (Fsp3) is 0.562. The molecule has 0 atom stereocenters. The monoisotopic (exact) mass is 275 g/mol. The van der Waals surface area contributed by atoms with Crippen molar-refractivity contribution in [2.24, 2.45) is 5.92 Å². The molecule has 110 valence electrons. The summed E-state index contributed by atoms with van der Waals surface area (Å²) in [5.74, 6) is 0.759. The normalized spacial score (nSPS) is 17.1. The minimum atomic E-state index is 0.00966. The predicted molar refractivity (Wildman–Crippen MR) is 82.8 cm³/mol. The Labute approximate surface area is 121 Å². The van der Waals surface area contributed by atoms with Crippen LogP contribution in [-0.4, -0.2) is 37.5 Å². The second-order valence-corrected chi connectivity index (χ2v) is 5.87. The number of piperidine rings is 1. The van der Waals surface area contributed by atoms with Crippen molar-refractivity contribution in [3.63, 3.8) is 0 Å². The zero-order valence-corrected chi connectivity index (χ0v) is 12.5. The highest BCUT2D eigenvalue weighted by Crippen LogP contribution is 2.19. The van der Waals surface area contributed by atoms with Gasteiger partial charge in [-0.3, -0.25) is 4.79 Å². The number of nitrogens with one attached hydrogen (secondary N) is 1. The molecule has 0 saturated carbocycles. The number of nitrogen functional groups attached to an aromatic ring is 1. The van der Waals surface area contributed by atoms with E-state index in [1.54, 1.807) is 12.1 Å². The van der Waals surface area contributed by atoms with Crippen LogP contribution in [0.1, 0.15) is 35.2 Å². The maximum Gasteiger partial charge on any atom is 0.251 e. The molecule has 0 aromatic heterocycles. The molecule has 1 aliphatic rings. The molecule has 1 aliphatic heterocycles. The fourth-order valence-corrected chi connectivity index (χ4v) is 2.78.